The van der Waals surface area contributed by atoms with Crippen LogP contribution >= 0.6 is 0 Å². The van der Waals surface area contributed by atoms with Crippen LogP contribution < -0.4 is 14.8 Å². The summed E-state index contributed by atoms with van der Waals surface area (Å²) in [5.41, 5.74) is 2.23. The highest BCUT2D eigenvalue weighted by Gasteiger charge is 2.38. The SMILES string of the molecule is C[C@@]1(O)CCC[C@H]1Oc1ccc(C(=O)N[C@H]2COc3cc(CN4CCCC4)ccc3C2)cc1. The molecule has 2 aromatic carbocycles. The number of hydrogen-bond donors (Lipinski definition) is 2. The van der Waals surface area contributed by atoms with Crippen LogP contribution in [0.3, 0.4) is 0 Å². The molecular formula is C27H34N2O4. The second kappa shape index (κ2) is 9.35. The van der Waals surface area contributed by atoms with E-state index < -0.39 is 5.60 Å². The number of carbonyl (C=O) groups excluding carboxylic acids is 1. The number of amides is 1. The van der Waals surface area contributed by atoms with Gasteiger partial charge >= 0.3 is 0 Å². The Kier molecular flexibility index (Phi) is 6.30. The molecule has 0 bridgehead atoms. The number of nitrogens with one attached hydrogen (secondary N) is 1. The molecule has 3 atom stereocenters. The molecule has 1 aliphatic carbocycles. The van der Waals surface area contributed by atoms with Crippen molar-refractivity contribution in [1.82, 2.24) is 10.2 Å². The first-order valence-corrected chi connectivity index (χ1v) is 12.2. The number of nitrogens with zero attached hydrogens (tertiary/aromatic N) is 1. The highest BCUT2D eigenvalue weighted by Crippen LogP contribution is 2.33. The molecule has 0 aromatic heterocycles. The first kappa shape index (κ1) is 22.2. The zero-order chi connectivity index (χ0) is 22.8. The zero-order valence-corrected chi connectivity index (χ0v) is 19.4. The van der Waals surface area contributed by atoms with Crippen molar-refractivity contribution in [2.75, 3.05) is 19.7 Å². The first-order chi connectivity index (χ1) is 16.0. The molecule has 2 heterocycles. The van der Waals surface area contributed by atoms with E-state index in [2.05, 4.69) is 28.4 Å². The lowest BCUT2D eigenvalue weighted by atomic mass is 10.00. The van der Waals surface area contributed by atoms with Crippen molar-refractivity contribution in [3.05, 3.63) is 59.2 Å². The predicted octanol–water partition coefficient (Wildman–Crippen LogP) is 3.70. The van der Waals surface area contributed by atoms with Crippen molar-refractivity contribution < 1.29 is 19.4 Å². The number of fused-ring (bicyclic) bond motifs is 1. The van der Waals surface area contributed by atoms with Crippen molar-refractivity contribution in [3.63, 3.8) is 0 Å². The van der Waals surface area contributed by atoms with Gasteiger partial charge in [0.05, 0.1) is 11.6 Å². The van der Waals surface area contributed by atoms with Crippen LogP contribution in [0, 0.1) is 0 Å². The Morgan fingerprint density at radius 2 is 1.97 bits per heavy atom. The summed E-state index contributed by atoms with van der Waals surface area (Å²) in [5.74, 6) is 1.51. The maximum atomic E-state index is 12.8. The van der Waals surface area contributed by atoms with Gasteiger partial charge in [-0.2, -0.15) is 0 Å². The van der Waals surface area contributed by atoms with E-state index in [4.69, 9.17) is 9.47 Å². The van der Waals surface area contributed by atoms with Crippen molar-refractivity contribution in [1.29, 1.82) is 0 Å². The minimum atomic E-state index is -0.789. The molecule has 0 radical (unpaired) electrons. The molecule has 5 rings (SSSR count). The summed E-state index contributed by atoms with van der Waals surface area (Å²) in [5, 5.41) is 13.5. The Labute approximate surface area is 195 Å². The molecule has 2 aromatic rings. The quantitative estimate of drug-likeness (QED) is 0.702. The highest BCUT2D eigenvalue weighted by molar-refractivity contribution is 5.94. The lowest BCUT2D eigenvalue weighted by molar-refractivity contribution is -0.0252. The summed E-state index contributed by atoms with van der Waals surface area (Å²) in [6.45, 7) is 5.64. The van der Waals surface area contributed by atoms with E-state index in [0.717, 1.165) is 43.5 Å². The van der Waals surface area contributed by atoms with Gasteiger partial charge in [-0.3, -0.25) is 9.69 Å². The Hall–Kier alpha value is -2.57. The molecule has 2 fully saturated rings. The molecule has 1 saturated heterocycles. The van der Waals surface area contributed by atoms with Gasteiger partial charge in [-0.15, -0.1) is 0 Å². The van der Waals surface area contributed by atoms with Crippen LogP contribution in [0.1, 0.15) is 60.5 Å². The highest BCUT2D eigenvalue weighted by atomic mass is 16.5. The third kappa shape index (κ3) is 5.17. The fourth-order valence-corrected chi connectivity index (χ4v) is 5.23. The molecule has 176 valence electrons. The average molecular weight is 451 g/mol. The van der Waals surface area contributed by atoms with Gasteiger partial charge in [0.25, 0.3) is 5.91 Å². The fourth-order valence-electron chi connectivity index (χ4n) is 5.23. The van der Waals surface area contributed by atoms with Crippen LogP contribution in [0.5, 0.6) is 11.5 Å². The second-order valence-corrected chi connectivity index (χ2v) is 9.99. The summed E-state index contributed by atoms with van der Waals surface area (Å²) in [6.07, 6.45) is 5.71. The number of ether oxygens (including phenoxy) is 2. The number of likely N-dealkylation sites (tertiary alicyclic amines) is 1. The smallest absolute Gasteiger partial charge is 0.251 e. The van der Waals surface area contributed by atoms with Gasteiger partial charge in [0, 0.05) is 12.1 Å². The number of aliphatic hydroxyl groups is 1. The van der Waals surface area contributed by atoms with E-state index in [1.807, 2.05) is 6.92 Å². The molecule has 0 spiro atoms. The third-order valence-corrected chi connectivity index (χ3v) is 7.22. The molecule has 0 unspecified atom stereocenters. The maximum absolute atomic E-state index is 12.8. The van der Waals surface area contributed by atoms with Crippen molar-refractivity contribution in [3.8, 4) is 11.5 Å². The summed E-state index contributed by atoms with van der Waals surface area (Å²) in [4.78, 5) is 15.3. The Bertz CT molecular complexity index is 982. The minimum Gasteiger partial charge on any atom is -0.491 e. The van der Waals surface area contributed by atoms with Gasteiger partial charge in [-0.05, 0) is 100.0 Å². The van der Waals surface area contributed by atoms with Gasteiger partial charge in [0.15, 0.2) is 0 Å². The van der Waals surface area contributed by atoms with Gasteiger partial charge in [-0.1, -0.05) is 12.1 Å². The van der Waals surface area contributed by atoms with Crippen LogP contribution in [-0.4, -0.2) is 53.4 Å². The molecule has 2 N–H and O–H groups in total. The van der Waals surface area contributed by atoms with Crippen LogP contribution in [-0.2, 0) is 13.0 Å². The van der Waals surface area contributed by atoms with E-state index in [1.54, 1.807) is 24.3 Å². The topological polar surface area (TPSA) is 71.0 Å². The lowest BCUT2D eigenvalue weighted by Gasteiger charge is -2.27. The minimum absolute atomic E-state index is 0.0565. The number of rotatable bonds is 6. The normalized spacial score (nSPS) is 27.1. The summed E-state index contributed by atoms with van der Waals surface area (Å²) >= 11 is 0. The van der Waals surface area contributed by atoms with E-state index in [9.17, 15) is 9.90 Å². The van der Waals surface area contributed by atoms with E-state index in [0.29, 0.717) is 17.9 Å². The van der Waals surface area contributed by atoms with E-state index >= 15 is 0 Å². The maximum Gasteiger partial charge on any atom is 0.251 e. The molecule has 6 nitrogen and oxygen atoms in total. The second-order valence-electron chi connectivity index (χ2n) is 9.99. The predicted molar refractivity (Wildman–Crippen MR) is 127 cm³/mol. The van der Waals surface area contributed by atoms with Gasteiger partial charge in [-0.25, -0.2) is 0 Å². The Morgan fingerprint density at radius 1 is 1.18 bits per heavy atom. The Balaban J connectivity index is 1.15. The average Bonchev–Trinajstić information content (AvgIpc) is 3.43. The lowest BCUT2D eigenvalue weighted by Crippen LogP contribution is -2.42. The molecule has 1 saturated carbocycles. The summed E-state index contributed by atoms with van der Waals surface area (Å²) in [6, 6.07) is 13.6. The van der Waals surface area contributed by atoms with Crippen LogP contribution in [0.15, 0.2) is 42.5 Å². The monoisotopic (exact) mass is 450 g/mol. The molecule has 33 heavy (non-hydrogen) atoms. The molecule has 2 aliphatic heterocycles. The van der Waals surface area contributed by atoms with Crippen molar-refractivity contribution in [2.45, 2.75) is 69.7 Å². The molecule has 1 amide bonds. The van der Waals surface area contributed by atoms with Crippen LogP contribution in [0.25, 0.3) is 0 Å². The van der Waals surface area contributed by atoms with Crippen LogP contribution in [0.4, 0.5) is 0 Å². The number of carbonyl (C=O) groups is 1. The molecule has 3 aliphatic rings. The fraction of sp³-hybridized carbons (Fsp3) is 0.519. The number of benzene rings is 2. The van der Waals surface area contributed by atoms with Crippen molar-refractivity contribution >= 4 is 5.91 Å². The Morgan fingerprint density at radius 3 is 2.70 bits per heavy atom. The molecular weight excluding hydrogens is 416 g/mol. The van der Waals surface area contributed by atoms with Gasteiger partial charge in [0.1, 0.15) is 24.2 Å². The van der Waals surface area contributed by atoms with Gasteiger partial charge in [0.2, 0.25) is 0 Å². The largest absolute Gasteiger partial charge is 0.491 e. The summed E-state index contributed by atoms with van der Waals surface area (Å²) in [7, 11) is 0. The summed E-state index contributed by atoms with van der Waals surface area (Å²) < 4.78 is 12.0. The molecule has 6 heteroatoms. The zero-order valence-electron chi connectivity index (χ0n) is 19.4. The number of hydrogen-bond acceptors (Lipinski definition) is 5. The van der Waals surface area contributed by atoms with Crippen LogP contribution in [0.2, 0.25) is 0 Å². The standard InChI is InChI=1S/C27H34N2O4/c1-27(31)12-4-5-25(27)33-23-10-8-20(9-11-23)26(30)28-22-16-21-7-6-19(15-24(21)32-18-22)17-29-13-2-3-14-29/h6-11,15,22,25,31H,2-5,12-14,16-18H2,1H3,(H,28,30)/t22-,25-,27-/m1/s1. The third-order valence-electron chi connectivity index (χ3n) is 7.22. The first-order valence-electron chi connectivity index (χ1n) is 12.2. The van der Waals surface area contributed by atoms with E-state index in [-0.39, 0.29) is 18.1 Å². The van der Waals surface area contributed by atoms with Crippen molar-refractivity contribution in [2.24, 2.45) is 0 Å². The van der Waals surface area contributed by atoms with Gasteiger partial charge < -0.3 is 19.9 Å². The van der Waals surface area contributed by atoms with E-state index in [1.165, 1.54) is 31.5 Å².